The Morgan fingerprint density at radius 1 is 1.39 bits per heavy atom. The lowest BCUT2D eigenvalue weighted by Gasteiger charge is -2.28. The Morgan fingerprint density at radius 2 is 2.04 bits per heavy atom. The van der Waals surface area contributed by atoms with E-state index < -0.39 is 5.92 Å². The second-order valence-electron chi connectivity index (χ2n) is 6.06. The average molecular weight is 340 g/mol. The van der Waals surface area contributed by atoms with E-state index in [4.69, 9.17) is 4.84 Å². The maximum Gasteiger partial charge on any atom is 0.149 e. The molecule has 0 aromatic carbocycles. The molecule has 0 aliphatic heterocycles. The highest BCUT2D eigenvalue weighted by atomic mass is 32.2. The van der Waals surface area contributed by atoms with E-state index in [2.05, 4.69) is 25.6 Å². The van der Waals surface area contributed by atoms with Crippen LogP contribution in [0.3, 0.4) is 0 Å². The molecule has 23 heavy (non-hydrogen) atoms. The molecule has 130 valence electrons. The standard InChI is InChI=1S/C18H29NO3S/c1-5-8-15(19-22-9-6-2)18-16(20)11-14(12-17(18)21)10-13(4)23-7-3/h6,13-14,18H,2,5,7-12H2,1,3-4H3/b19-15-. The molecule has 0 N–H and O–H groups in total. The summed E-state index contributed by atoms with van der Waals surface area (Å²) in [6.07, 6.45) is 4.94. The van der Waals surface area contributed by atoms with E-state index in [9.17, 15) is 9.59 Å². The Kier molecular flexibility index (Phi) is 9.22. The molecule has 0 aromatic heterocycles. The van der Waals surface area contributed by atoms with E-state index in [1.54, 1.807) is 6.08 Å². The first kappa shape index (κ1) is 19.9. The first-order valence-corrected chi connectivity index (χ1v) is 9.54. The molecule has 1 unspecified atom stereocenters. The van der Waals surface area contributed by atoms with Crippen molar-refractivity contribution < 1.29 is 14.4 Å². The molecule has 1 aliphatic carbocycles. The lowest BCUT2D eigenvalue weighted by Crippen LogP contribution is -2.39. The van der Waals surface area contributed by atoms with Crippen LogP contribution in [-0.4, -0.2) is 34.9 Å². The van der Waals surface area contributed by atoms with Crippen molar-refractivity contribution in [2.75, 3.05) is 12.4 Å². The first-order valence-electron chi connectivity index (χ1n) is 8.50. The molecule has 1 aliphatic rings. The van der Waals surface area contributed by atoms with Gasteiger partial charge in [-0.1, -0.05) is 45.0 Å². The zero-order valence-electron chi connectivity index (χ0n) is 14.5. The van der Waals surface area contributed by atoms with E-state index in [0.29, 0.717) is 30.2 Å². The molecule has 1 rings (SSSR count). The summed E-state index contributed by atoms with van der Waals surface area (Å²) in [7, 11) is 0. The van der Waals surface area contributed by atoms with Gasteiger partial charge in [-0.2, -0.15) is 11.8 Å². The molecule has 0 amide bonds. The molecule has 0 bridgehead atoms. The highest BCUT2D eigenvalue weighted by Gasteiger charge is 2.38. The van der Waals surface area contributed by atoms with Gasteiger partial charge in [-0.25, -0.2) is 0 Å². The maximum absolute atomic E-state index is 12.5. The van der Waals surface area contributed by atoms with Crippen LogP contribution in [0.1, 0.15) is 52.9 Å². The van der Waals surface area contributed by atoms with Crippen LogP contribution in [0, 0.1) is 11.8 Å². The van der Waals surface area contributed by atoms with Crippen LogP contribution < -0.4 is 0 Å². The van der Waals surface area contributed by atoms with Crippen molar-refractivity contribution in [1.29, 1.82) is 0 Å². The van der Waals surface area contributed by atoms with Crippen LogP contribution in [-0.2, 0) is 14.4 Å². The molecule has 0 saturated heterocycles. The van der Waals surface area contributed by atoms with Crippen molar-refractivity contribution in [2.24, 2.45) is 17.0 Å². The van der Waals surface area contributed by atoms with Gasteiger partial charge in [0.2, 0.25) is 0 Å². The summed E-state index contributed by atoms with van der Waals surface area (Å²) in [5, 5.41) is 4.53. The third-order valence-corrected chi connectivity index (χ3v) is 5.05. The Morgan fingerprint density at radius 3 is 2.57 bits per heavy atom. The normalized spacial score (nSPS) is 23.7. The minimum absolute atomic E-state index is 0.00866. The van der Waals surface area contributed by atoms with E-state index in [0.717, 1.165) is 18.6 Å². The lowest BCUT2D eigenvalue weighted by molar-refractivity contribution is -0.134. The summed E-state index contributed by atoms with van der Waals surface area (Å²) in [5.41, 5.74) is 0.582. The highest BCUT2D eigenvalue weighted by Crippen LogP contribution is 2.31. The van der Waals surface area contributed by atoms with Gasteiger partial charge in [0.1, 0.15) is 24.1 Å². The number of hydrogen-bond acceptors (Lipinski definition) is 5. The molecule has 0 aromatic rings. The number of nitrogens with zero attached hydrogens (tertiary/aromatic N) is 1. The van der Waals surface area contributed by atoms with Crippen molar-refractivity contribution >= 4 is 29.0 Å². The Labute approximate surface area is 144 Å². The molecule has 0 radical (unpaired) electrons. The molecular formula is C18H29NO3S. The fourth-order valence-electron chi connectivity index (χ4n) is 3.09. The predicted octanol–water partition coefficient (Wildman–Crippen LogP) is 4.04. The molecule has 0 heterocycles. The van der Waals surface area contributed by atoms with E-state index in [1.165, 1.54) is 0 Å². The van der Waals surface area contributed by atoms with Crippen LogP contribution in [0.25, 0.3) is 0 Å². The highest BCUT2D eigenvalue weighted by molar-refractivity contribution is 7.99. The van der Waals surface area contributed by atoms with Crippen LogP contribution >= 0.6 is 11.8 Å². The average Bonchev–Trinajstić information content (AvgIpc) is 2.47. The van der Waals surface area contributed by atoms with Gasteiger partial charge in [-0.3, -0.25) is 9.59 Å². The fourth-order valence-corrected chi connectivity index (χ4v) is 4.07. The molecule has 1 fully saturated rings. The predicted molar refractivity (Wildman–Crippen MR) is 96.9 cm³/mol. The van der Waals surface area contributed by atoms with Crippen molar-refractivity contribution in [3.63, 3.8) is 0 Å². The van der Waals surface area contributed by atoms with Crippen molar-refractivity contribution in [1.82, 2.24) is 0 Å². The fraction of sp³-hybridized carbons (Fsp3) is 0.722. The Hall–Kier alpha value is -1.10. The minimum Gasteiger partial charge on any atom is -0.392 e. The lowest BCUT2D eigenvalue weighted by atomic mass is 9.75. The van der Waals surface area contributed by atoms with Crippen LogP contribution in [0.4, 0.5) is 0 Å². The van der Waals surface area contributed by atoms with Crippen molar-refractivity contribution in [3.05, 3.63) is 12.7 Å². The summed E-state index contributed by atoms with van der Waals surface area (Å²) >= 11 is 1.88. The van der Waals surface area contributed by atoms with Gasteiger partial charge in [0.05, 0.1) is 5.71 Å². The molecule has 1 saturated carbocycles. The zero-order chi connectivity index (χ0) is 17.2. The van der Waals surface area contributed by atoms with Crippen LogP contribution in [0.2, 0.25) is 0 Å². The minimum atomic E-state index is -0.690. The number of carbonyl (C=O) groups excluding carboxylic acids is 2. The monoisotopic (exact) mass is 339 g/mol. The molecule has 4 nitrogen and oxygen atoms in total. The molecule has 0 spiro atoms. The number of thioether (sulfide) groups is 1. The van der Waals surface area contributed by atoms with Gasteiger partial charge in [-0.15, -0.1) is 0 Å². The third kappa shape index (κ3) is 6.50. The smallest absolute Gasteiger partial charge is 0.149 e. The molecule has 5 heteroatoms. The van der Waals surface area contributed by atoms with E-state index >= 15 is 0 Å². The van der Waals surface area contributed by atoms with Gasteiger partial charge >= 0.3 is 0 Å². The van der Waals surface area contributed by atoms with Gasteiger partial charge in [0.15, 0.2) is 0 Å². The van der Waals surface area contributed by atoms with Gasteiger partial charge < -0.3 is 4.84 Å². The van der Waals surface area contributed by atoms with Gasteiger partial charge in [0.25, 0.3) is 0 Å². The van der Waals surface area contributed by atoms with Crippen LogP contribution in [0.5, 0.6) is 0 Å². The summed E-state index contributed by atoms with van der Waals surface area (Å²) in [4.78, 5) is 30.2. The van der Waals surface area contributed by atoms with Crippen LogP contribution in [0.15, 0.2) is 17.8 Å². The first-order chi connectivity index (χ1) is 11.0. The van der Waals surface area contributed by atoms with Gasteiger partial charge in [0, 0.05) is 18.1 Å². The molecular weight excluding hydrogens is 310 g/mol. The topological polar surface area (TPSA) is 55.7 Å². The van der Waals surface area contributed by atoms with E-state index in [-0.39, 0.29) is 24.1 Å². The second-order valence-corrected chi connectivity index (χ2v) is 7.77. The maximum atomic E-state index is 12.5. The second kappa shape index (κ2) is 10.6. The molecule has 1 atom stereocenters. The number of ketones is 2. The number of rotatable bonds is 10. The third-order valence-electron chi connectivity index (χ3n) is 3.95. The summed E-state index contributed by atoms with van der Waals surface area (Å²) in [6.45, 7) is 10.2. The Bertz CT molecular complexity index is 430. The SMILES string of the molecule is C=CCO/N=C(/CCC)C1C(=O)CC(CC(C)SCC)CC1=O. The Balaban J connectivity index is 2.74. The number of carbonyl (C=O) groups is 2. The summed E-state index contributed by atoms with van der Waals surface area (Å²) < 4.78 is 0. The number of Topliss-reactive ketones (excluding diaryl/α,β-unsaturated/α-hetero) is 2. The zero-order valence-corrected chi connectivity index (χ0v) is 15.4. The van der Waals surface area contributed by atoms with E-state index in [1.807, 2.05) is 18.7 Å². The largest absolute Gasteiger partial charge is 0.392 e. The van der Waals surface area contributed by atoms with Crippen molar-refractivity contribution in [2.45, 2.75) is 58.1 Å². The number of oxime groups is 1. The van der Waals surface area contributed by atoms with Gasteiger partial charge in [-0.05, 0) is 24.5 Å². The number of hydrogen-bond donors (Lipinski definition) is 0. The quantitative estimate of drug-likeness (QED) is 0.198. The summed E-state index contributed by atoms with van der Waals surface area (Å²) in [6, 6.07) is 0. The summed E-state index contributed by atoms with van der Waals surface area (Å²) in [5.74, 6) is 0.568. The van der Waals surface area contributed by atoms with Crippen molar-refractivity contribution in [3.8, 4) is 0 Å².